The maximum atomic E-state index is 13.8. The van der Waals surface area contributed by atoms with Gasteiger partial charge in [-0.05, 0) is 18.6 Å². The first-order valence-electron chi connectivity index (χ1n) is 5.28. The van der Waals surface area contributed by atoms with E-state index in [1.54, 1.807) is 0 Å². The van der Waals surface area contributed by atoms with Crippen LogP contribution in [-0.4, -0.2) is 22.1 Å². The highest BCUT2D eigenvalue weighted by Crippen LogP contribution is 2.24. The van der Waals surface area contributed by atoms with Crippen molar-refractivity contribution in [3.63, 3.8) is 0 Å². The standard InChI is InChI=1S/C11H11F2N5O/c1-5-3-4-6(12)8(7(5)13)15-10-16-9(14)17-11(18-10)19-2/h3-4H,1-2H3,(H3,14,15,16,17,18). The van der Waals surface area contributed by atoms with Gasteiger partial charge >= 0.3 is 6.01 Å². The van der Waals surface area contributed by atoms with Gasteiger partial charge in [0.15, 0.2) is 5.82 Å². The number of anilines is 3. The molecule has 2 aromatic rings. The van der Waals surface area contributed by atoms with Crippen LogP contribution in [0.15, 0.2) is 12.1 Å². The molecule has 6 nitrogen and oxygen atoms in total. The van der Waals surface area contributed by atoms with Crippen LogP contribution in [0.1, 0.15) is 5.56 Å². The van der Waals surface area contributed by atoms with Crippen molar-refractivity contribution in [3.05, 3.63) is 29.3 Å². The zero-order valence-corrected chi connectivity index (χ0v) is 10.2. The summed E-state index contributed by atoms with van der Waals surface area (Å²) in [4.78, 5) is 11.2. The number of nitrogens with two attached hydrogens (primary N) is 1. The van der Waals surface area contributed by atoms with Crippen LogP contribution >= 0.6 is 0 Å². The Bertz CT molecular complexity index is 620. The summed E-state index contributed by atoms with van der Waals surface area (Å²) < 4.78 is 32.1. The number of aryl methyl sites for hydroxylation is 1. The van der Waals surface area contributed by atoms with Gasteiger partial charge in [0.2, 0.25) is 11.9 Å². The summed E-state index contributed by atoms with van der Waals surface area (Å²) in [6.45, 7) is 1.52. The van der Waals surface area contributed by atoms with Crippen LogP contribution in [0.4, 0.5) is 26.4 Å². The number of nitrogen functional groups attached to an aromatic ring is 1. The number of rotatable bonds is 3. The number of halogens is 2. The topological polar surface area (TPSA) is 86.0 Å². The maximum absolute atomic E-state index is 13.8. The number of nitrogens with zero attached hydrogens (tertiary/aromatic N) is 3. The second kappa shape index (κ2) is 5.01. The highest BCUT2D eigenvalue weighted by Gasteiger charge is 2.14. The third kappa shape index (κ3) is 2.67. The Kier molecular flexibility index (Phi) is 3.41. The van der Waals surface area contributed by atoms with E-state index in [-0.39, 0.29) is 29.2 Å². The van der Waals surface area contributed by atoms with Gasteiger partial charge in [-0.15, -0.1) is 0 Å². The average molecular weight is 267 g/mol. The van der Waals surface area contributed by atoms with Gasteiger partial charge in [0.1, 0.15) is 11.5 Å². The second-order valence-corrected chi connectivity index (χ2v) is 3.68. The maximum Gasteiger partial charge on any atom is 0.322 e. The van der Waals surface area contributed by atoms with Crippen molar-refractivity contribution in [3.8, 4) is 6.01 Å². The van der Waals surface area contributed by atoms with Crippen molar-refractivity contribution < 1.29 is 13.5 Å². The molecule has 1 aromatic heterocycles. The molecule has 1 heterocycles. The van der Waals surface area contributed by atoms with E-state index in [1.807, 2.05) is 0 Å². The van der Waals surface area contributed by atoms with Gasteiger partial charge in [-0.3, -0.25) is 0 Å². The highest BCUT2D eigenvalue weighted by atomic mass is 19.1. The predicted octanol–water partition coefficient (Wildman–Crippen LogP) is 1.79. The van der Waals surface area contributed by atoms with Crippen LogP contribution in [0.3, 0.4) is 0 Å². The van der Waals surface area contributed by atoms with Gasteiger partial charge in [-0.25, -0.2) is 8.78 Å². The summed E-state index contributed by atoms with van der Waals surface area (Å²) in [6, 6.07) is 2.42. The molecule has 0 spiro atoms. The van der Waals surface area contributed by atoms with Crippen LogP contribution in [0.25, 0.3) is 0 Å². The second-order valence-electron chi connectivity index (χ2n) is 3.68. The molecule has 1 aromatic carbocycles. The van der Waals surface area contributed by atoms with Crippen LogP contribution in [0.5, 0.6) is 6.01 Å². The quantitative estimate of drug-likeness (QED) is 0.881. The molecule has 0 amide bonds. The third-order valence-electron chi connectivity index (χ3n) is 2.34. The van der Waals surface area contributed by atoms with E-state index >= 15 is 0 Å². The molecule has 3 N–H and O–H groups in total. The van der Waals surface area contributed by atoms with E-state index in [4.69, 9.17) is 10.5 Å². The van der Waals surface area contributed by atoms with E-state index in [0.717, 1.165) is 6.07 Å². The fraction of sp³-hybridized carbons (Fsp3) is 0.182. The fourth-order valence-electron chi connectivity index (χ4n) is 1.40. The van der Waals surface area contributed by atoms with E-state index in [0.29, 0.717) is 0 Å². The van der Waals surface area contributed by atoms with Gasteiger partial charge in [-0.1, -0.05) is 6.07 Å². The minimum Gasteiger partial charge on any atom is -0.467 e. The first kappa shape index (κ1) is 12.9. The number of nitrogens with one attached hydrogen (secondary N) is 1. The SMILES string of the molecule is COc1nc(N)nc(Nc2c(F)ccc(C)c2F)n1. The number of hydrogen-bond acceptors (Lipinski definition) is 6. The van der Waals surface area contributed by atoms with Crippen molar-refractivity contribution in [2.75, 3.05) is 18.2 Å². The Morgan fingerprint density at radius 1 is 1.21 bits per heavy atom. The monoisotopic (exact) mass is 267 g/mol. The van der Waals surface area contributed by atoms with Crippen molar-refractivity contribution in [1.82, 2.24) is 15.0 Å². The van der Waals surface area contributed by atoms with Crippen molar-refractivity contribution >= 4 is 17.6 Å². The lowest BCUT2D eigenvalue weighted by Gasteiger charge is -2.09. The largest absolute Gasteiger partial charge is 0.467 e. The van der Waals surface area contributed by atoms with Crippen LogP contribution < -0.4 is 15.8 Å². The van der Waals surface area contributed by atoms with Gasteiger partial charge in [0, 0.05) is 0 Å². The summed E-state index contributed by atoms with van der Waals surface area (Å²) in [5.41, 5.74) is 5.36. The van der Waals surface area contributed by atoms with Gasteiger partial charge in [0.05, 0.1) is 7.11 Å². The summed E-state index contributed by atoms with van der Waals surface area (Å²) >= 11 is 0. The lowest BCUT2D eigenvalue weighted by molar-refractivity contribution is 0.380. The number of hydrogen-bond donors (Lipinski definition) is 2. The smallest absolute Gasteiger partial charge is 0.322 e. The van der Waals surface area contributed by atoms with Crippen LogP contribution in [0, 0.1) is 18.6 Å². The molecular weight excluding hydrogens is 256 g/mol. The summed E-state index contributed by atoms with van der Waals surface area (Å²) in [5.74, 6) is -1.71. The first-order valence-corrected chi connectivity index (χ1v) is 5.28. The summed E-state index contributed by atoms with van der Waals surface area (Å²) in [7, 11) is 1.34. The van der Waals surface area contributed by atoms with Gasteiger partial charge in [0.25, 0.3) is 0 Å². The first-order chi connectivity index (χ1) is 9.01. The minimum atomic E-state index is -0.763. The molecule has 19 heavy (non-hydrogen) atoms. The number of aromatic nitrogens is 3. The Hall–Kier alpha value is -2.51. The van der Waals surface area contributed by atoms with E-state index in [9.17, 15) is 8.78 Å². The molecule has 8 heteroatoms. The van der Waals surface area contributed by atoms with Crippen molar-refractivity contribution in [1.29, 1.82) is 0 Å². The van der Waals surface area contributed by atoms with E-state index in [1.165, 1.54) is 20.1 Å². The Labute approximate surface area is 107 Å². The molecule has 0 radical (unpaired) electrons. The molecule has 0 aliphatic rings. The number of methoxy groups -OCH3 is 1. The molecular formula is C11H11F2N5O. The van der Waals surface area contributed by atoms with Crippen LogP contribution in [-0.2, 0) is 0 Å². The third-order valence-corrected chi connectivity index (χ3v) is 2.34. The van der Waals surface area contributed by atoms with Gasteiger partial charge < -0.3 is 15.8 Å². The highest BCUT2D eigenvalue weighted by molar-refractivity contribution is 5.57. The molecule has 2 rings (SSSR count). The van der Waals surface area contributed by atoms with Crippen molar-refractivity contribution in [2.45, 2.75) is 6.92 Å². The number of benzene rings is 1. The Morgan fingerprint density at radius 2 is 1.95 bits per heavy atom. The predicted molar refractivity (Wildman–Crippen MR) is 65.2 cm³/mol. The summed E-state index contributed by atoms with van der Waals surface area (Å²) in [6.07, 6.45) is 0. The normalized spacial score (nSPS) is 10.3. The van der Waals surface area contributed by atoms with Gasteiger partial charge in [-0.2, -0.15) is 15.0 Å². The average Bonchev–Trinajstić information content (AvgIpc) is 2.38. The Morgan fingerprint density at radius 3 is 2.63 bits per heavy atom. The van der Waals surface area contributed by atoms with Crippen LogP contribution in [0.2, 0.25) is 0 Å². The zero-order valence-electron chi connectivity index (χ0n) is 10.2. The molecule has 0 aliphatic heterocycles. The molecule has 0 saturated heterocycles. The molecule has 0 fully saturated rings. The lowest BCUT2D eigenvalue weighted by Crippen LogP contribution is -2.07. The molecule has 0 unspecified atom stereocenters. The lowest BCUT2D eigenvalue weighted by atomic mass is 10.2. The van der Waals surface area contributed by atoms with E-state index < -0.39 is 11.6 Å². The minimum absolute atomic E-state index is 0.0523. The van der Waals surface area contributed by atoms with E-state index in [2.05, 4.69) is 20.3 Å². The fourth-order valence-corrected chi connectivity index (χ4v) is 1.40. The van der Waals surface area contributed by atoms with Crippen molar-refractivity contribution in [2.24, 2.45) is 0 Å². The number of ether oxygens (including phenoxy) is 1. The Balaban J connectivity index is 2.41. The molecule has 0 saturated carbocycles. The molecule has 0 aliphatic carbocycles. The zero-order chi connectivity index (χ0) is 14.0. The molecule has 0 bridgehead atoms. The molecule has 0 atom stereocenters. The summed E-state index contributed by atoms with van der Waals surface area (Å²) in [5, 5.41) is 2.42. The molecule has 100 valence electrons.